The van der Waals surface area contributed by atoms with Crippen molar-refractivity contribution in [2.24, 2.45) is 0 Å². The lowest BCUT2D eigenvalue weighted by Crippen LogP contribution is -2.48. The van der Waals surface area contributed by atoms with E-state index in [0.717, 1.165) is 25.3 Å². The van der Waals surface area contributed by atoms with Crippen LogP contribution in [0.2, 0.25) is 0 Å². The van der Waals surface area contributed by atoms with Crippen LogP contribution in [0.25, 0.3) is 0 Å². The number of hydrogen-bond acceptors (Lipinski definition) is 3. The van der Waals surface area contributed by atoms with Crippen LogP contribution in [0.1, 0.15) is 15.9 Å². The van der Waals surface area contributed by atoms with E-state index in [2.05, 4.69) is 4.90 Å². The summed E-state index contributed by atoms with van der Waals surface area (Å²) in [6.07, 6.45) is 0. The Hall–Kier alpha value is -2.40. The van der Waals surface area contributed by atoms with E-state index in [9.17, 15) is 9.18 Å². The average molecular weight is 313 g/mol. The molecule has 2 aromatic carbocycles. The Kier molecular flexibility index (Phi) is 4.57. The lowest BCUT2D eigenvalue weighted by Gasteiger charge is -2.34. The first kappa shape index (κ1) is 15.5. The fourth-order valence-corrected chi connectivity index (χ4v) is 2.77. The highest BCUT2D eigenvalue weighted by Gasteiger charge is 2.22. The highest BCUT2D eigenvalue weighted by Crippen LogP contribution is 2.13. The molecule has 23 heavy (non-hydrogen) atoms. The van der Waals surface area contributed by atoms with Crippen molar-refractivity contribution in [3.8, 4) is 0 Å². The van der Waals surface area contributed by atoms with Crippen LogP contribution >= 0.6 is 0 Å². The molecule has 3 rings (SSSR count). The molecule has 0 radical (unpaired) electrons. The van der Waals surface area contributed by atoms with E-state index >= 15 is 0 Å². The van der Waals surface area contributed by atoms with Crippen LogP contribution in [-0.2, 0) is 6.54 Å². The van der Waals surface area contributed by atoms with Crippen molar-refractivity contribution in [2.75, 3.05) is 31.9 Å². The molecular weight excluding hydrogens is 293 g/mol. The SMILES string of the molecule is Nc1ccc(CN2CCN(C(=O)c3ccc(F)cc3)CC2)cc1. The predicted octanol–water partition coefficient (Wildman–Crippen LogP) is 2.37. The third-order valence-corrected chi connectivity index (χ3v) is 4.14. The Morgan fingerprint density at radius 3 is 2.17 bits per heavy atom. The van der Waals surface area contributed by atoms with Gasteiger partial charge >= 0.3 is 0 Å². The zero-order chi connectivity index (χ0) is 16.2. The Bertz CT molecular complexity index is 662. The number of amides is 1. The molecule has 2 aromatic rings. The third kappa shape index (κ3) is 3.87. The molecule has 2 N–H and O–H groups in total. The van der Waals surface area contributed by atoms with Gasteiger partial charge in [-0.15, -0.1) is 0 Å². The van der Waals surface area contributed by atoms with Crippen molar-refractivity contribution in [3.63, 3.8) is 0 Å². The van der Waals surface area contributed by atoms with Crippen LogP contribution in [0.4, 0.5) is 10.1 Å². The van der Waals surface area contributed by atoms with Gasteiger partial charge in [-0.25, -0.2) is 4.39 Å². The second kappa shape index (κ2) is 6.79. The number of anilines is 1. The molecule has 0 atom stereocenters. The second-order valence-electron chi connectivity index (χ2n) is 5.82. The maximum absolute atomic E-state index is 12.9. The Morgan fingerprint density at radius 1 is 0.957 bits per heavy atom. The van der Waals surface area contributed by atoms with Gasteiger partial charge in [0, 0.05) is 44.0 Å². The van der Waals surface area contributed by atoms with Crippen molar-refractivity contribution in [3.05, 3.63) is 65.5 Å². The smallest absolute Gasteiger partial charge is 0.253 e. The Labute approximate surface area is 135 Å². The molecule has 0 spiro atoms. The predicted molar refractivity (Wildman–Crippen MR) is 88.4 cm³/mol. The Balaban J connectivity index is 1.54. The van der Waals surface area contributed by atoms with E-state index in [1.54, 1.807) is 12.1 Å². The normalized spacial score (nSPS) is 15.6. The van der Waals surface area contributed by atoms with Crippen molar-refractivity contribution in [2.45, 2.75) is 6.54 Å². The molecule has 1 amide bonds. The standard InChI is InChI=1S/C18H20FN3O/c19-16-5-3-15(4-6-16)18(23)22-11-9-21(10-12-22)13-14-1-7-17(20)8-2-14/h1-8H,9-13,20H2. The summed E-state index contributed by atoms with van der Waals surface area (Å²) >= 11 is 0. The van der Waals surface area contributed by atoms with Crippen molar-refractivity contribution in [1.82, 2.24) is 9.80 Å². The summed E-state index contributed by atoms with van der Waals surface area (Å²) in [5, 5.41) is 0. The van der Waals surface area contributed by atoms with E-state index in [0.29, 0.717) is 18.7 Å². The zero-order valence-electron chi connectivity index (χ0n) is 12.9. The molecule has 0 saturated carbocycles. The maximum Gasteiger partial charge on any atom is 0.253 e. The highest BCUT2D eigenvalue weighted by molar-refractivity contribution is 5.94. The lowest BCUT2D eigenvalue weighted by molar-refractivity contribution is 0.0628. The number of piperazine rings is 1. The number of rotatable bonds is 3. The minimum Gasteiger partial charge on any atom is -0.399 e. The lowest BCUT2D eigenvalue weighted by atomic mass is 10.1. The molecule has 4 nitrogen and oxygen atoms in total. The summed E-state index contributed by atoms with van der Waals surface area (Å²) < 4.78 is 12.9. The van der Waals surface area contributed by atoms with Crippen LogP contribution in [0.15, 0.2) is 48.5 Å². The van der Waals surface area contributed by atoms with Gasteiger partial charge in [0.2, 0.25) is 0 Å². The summed E-state index contributed by atoms with van der Waals surface area (Å²) in [6.45, 7) is 3.89. The monoisotopic (exact) mass is 313 g/mol. The first-order valence-corrected chi connectivity index (χ1v) is 7.73. The quantitative estimate of drug-likeness (QED) is 0.885. The molecule has 1 aliphatic rings. The molecule has 5 heteroatoms. The molecule has 1 aliphatic heterocycles. The first-order chi connectivity index (χ1) is 11.1. The summed E-state index contributed by atoms with van der Waals surface area (Å²) in [7, 11) is 0. The van der Waals surface area contributed by atoms with Crippen LogP contribution in [-0.4, -0.2) is 41.9 Å². The van der Waals surface area contributed by atoms with Crippen LogP contribution < -0.4 is 5.73 Å². The van der Waals surface area contributed by atoms with E-state index in [1.807, 2.05) is 29.2 Å². The van der Waals surface area contributed by atoms with E-state index < -0.39 is 0 Å². The molecule has 1 heterocycles. The van der Waals surface area contributed by atoms with Crippen LogP contribution in [0, 0.1) is 5.82 Å². The molecule has 0 bridgehead atoms. The van der Waals surface area contributed by atoms with Crippen molar-refractivity contribution >= 4 is 11.6 Å². The number of hydrogen-bond donors (Lipinski definition) is 1. The van der Waals surface area contributed by atoms with Crippen molar-refractivity contribution in [1.29, 1.82) is 0 Å². The van der Waals surface area contributed by atoms with E-state index in [1.165, 1.54) is 17.7 Å². The van der Waals surface area contributed by atoms with Crippen LogP contribution in [0.3, 0.4) is 0 Å². The summed E-state index contributed by atoms with van der Waals surface area (Å²) in [5.41, 5.74) is 8.22. The highest BCUT2D eigenvalue weighted by atomic mass is 19.1. The summed E-state index contributed by atoms with van der Waals surface area (Å²) in [5.74, 6) is -0.355. The Morgan fingerprint density at radius 2 is 1.57 bits per heavy atom. The number of nitrogen functional groups attached to an aromatic ring is 1. The average Bonchev–Trinajstić information content (AvgIpc) is 2.58. The minimum absolute atomic E-state index is 0.0304. The molecule has 1 saturated heterocycles. The molecule has 0 unspecified atom stereocenters. The van der Waals surface area contributed by atoms with Gasteiger partial charge in [-0.3, -0.25) is 9.69 Å². The second-order valence-corrected chi connectivity index (χ2v) is 5.82. The molecule has 0 aliphatic carbocycles. The number of carbonyl (C=O) groups excluding carboxylic acids is 1. The molecule has 0 aromatic heterocycles. The van der Waals surface area contributed by atoms with E-state index in [-0.39, 0.29) is 11.7 Å². The largest absolute Gasteiger partial charge is 0.399 e. The first-order valence-electron chi connectivity index (χ1n) is 7.73. The summed E-state index contributed by atoms with van der Waals surface area (Å²) in [6, 6.07) is 13.6. The fourth-order valence-electron chi connectivity index (χ4n) is 2.77. The van der Waals surface area contributed by atoms with Gasteiger partial charge in [0.05, 0.1) is 0 Å². The number of carbonyl (C=O) groups is 1. The van der Waals surface area contributed by atoms with Gasteiger partial charge in [-0.05, 0) is 42.0 Å². The number of benzene rings is 2. The third-order valence-electron chi connectivity index (χ3n) is 4.14. The van der Waals surface area contributed by atoms with Gasteiger partial charge in [0.15, 0.2) is 0 Å². The van der Waals surface area contributed by atoms with Gasteiger partial charge in [-0.1, -0.05) is 12.1 Å². The number of nitrogens with two attached hydrogens (primary N) is 1. The maximum atomic E-state index is 12.9. The van der Waals surface area contributed by atoms with Gasteiger partial charge in [0.25, 0.3) is 5.91 Å². The van der Waals surface area contributed by atoms with Gasteiger partial charge in [-0.2, -0.15) is 0 Å². The fraction of sp³-hybridized carbons (Fsp3) is 0.278. The van der Waals surface area contributed by atoms with Crippen molar-refractivity contribution < 1.29 is 9.18 Å². The molecule has 120 valence electrons. The molecule has 1 fully saturated rings. The molecular formula is C18H20FN3O. The van der Waals surface area contributed by atoms with Gasteiger partial charge < -0.3 is 10.6 Å². The number of halogens is 1. The summed E-state index contributed by atoms with van der Waals surface area (Å²) in [4.78, 5) is 16.5. The topological polar surface area (TPSA) is 49.6 Å². The minimum atomic E-state index is -0.324. The van der Waals surface area contributed by atoms with Crippen LogP contribution in [0.5, 0.6) is 0 Å². The zero-order valence-corrected chi connectivity index (χ0v) is 12.9. The number of nitrogens with zero attached hydrogens (tertiary/aromatic N) is 2. The van der Waals surface area contributed by atoms with Gasteiger partial charge in [0.1, 0.15) is 5.82 Å². The van der Waals surface area contributed by atoms with E-state index in [4.69, 9.17) is 5.73 Å².